The van der Waals surface area contributed by atoms with Gasteiger partial charge in [0.1, 0.15) is 11.3 Å². The molecule has 0 bridgehead atoms. The zero-order valence-electron chi connectivity index (χ0n) is 16.5. The van der Waals surface area contributed by atoms with E-state index < -0.39 is 5.60 Å². The van der Waals surface area contributed by atoms with Crippen LogP contribution in [0.1, 0.15) is 18.3 Å². The fourth-order valence-corrected chi connectivity index (χ4v) is 3.55. The molecule has 146 valence electrons. The van der Waals surface area contributed by atoms with Crippen LogP contribution in [-0.2, 0) is 4.79 Å². The van der Waals surface area contributed by atoms with Gasteiger partial charge in [0.2, 0.25) is 5.60 Å². The van der Waals surface area contributed by atoms with E-state index in [9.17, 15) is 9.90 Å². The molecule has 0 spiro atoms. The molecule has 1 aromatic carbocycles. The van der Waals surface area contributed by atoms with Gasteiger partial charge >= 0.3 is 0 Å². The third-order valence-electron chi connectivity index (χ3n) is 5.17. The van der Waals surface area contributed by atoms with Crippen LogP contribution >= 0.6 is 0 Å². The van der Waals surface area contributed by atoms with E-state index in [0.29, 0.717) is 40.5 Å². The second kappa shape index (κ2) is 6.83. The van der Waals surface area contributed by atoms with Crippen molar-refractivity contribution in [2.45, 2.75) is 19.4 Å². The molecule has 29 heavy (non-hydrogen) atoms. The van der Waals surface area contributed by atoms with E-state index in [2.05, 4.69) is 26.8 Å². The molecule has 3 aromatic rings. The Labute approximate surface area is 168 Å². The smallest absolute Gasteiger partial charge is 0.267 e. The van der Waals surface area contributed by atoms with Gasteiger partial charge in [-0.15, -0.1) is 0 Å². The first kappa shape index (κ1) is 18.8. The van der Waals surface area contributed by atoms with Crippen LogP contribution in [0, 0.1) is 24.7 Å². The lowest BCUT2D eigenvalue weighted by atomic mass is 9.92. The van der Waals surface area contributed by atoms with Crippen LogP contribution in [-0.4, -0.2) is 50.1 Å². The molecule has 7 heteroatoms. The average molecular weight is 387 g/mol. The van der Waals surface area contributed by atoms with Crippen LogP contribution in [0.2, 0.25) is 0 Å². The van der Waals surface area contributed by atoms with Crippen LogP contribution in [0.5, 0.6) is 0 Å². The van der Waals surface area contributed by atoms with E-state index in [-0.39, 0.29) is 11.8 Å². The Morgan fingerprint density at radius 2 is 2.03 bits per heavy atom. The largest absolute Gasteiger partial charge is 0.382 e. The topological polar surface area (TPSA) is 105 Å². The number of anilines is 1. The van der Waals surface area contributed by atoms with Gasteiger partial charge in [0.15, 0.2) is 5.82 Å². The maximum atomic E-state index is 12.3. The maximum absolute atomic E-state index is 12.3. The minimum Gasteiger partial charge on any atom is -0.382 e. The Kier molecular flexibility index (Phi) is 4.44. The lowest BCUT2D eigenvalue weighted by Crippen LogP contribution is -2.40. The number of carbonyl (C=O) groups is 1. The monoisotopic (exact) mass is 387 g/mol. The van der Waals surface area contributed by atoms with Crippen LogP contribution < -0.4 is 5.73 Å². The summed E-state index contributed by atoms with van der Waals surface area (Å²) in [6.45, 7) is 4.08. The number of hydrogen-bond acceptors (Lipinski definition) is 6. The van der Waals surface area contributed by atoms with Crippen LogP contribution in [0.15, 0.2) is 36.4 Å². The summed E-state index contributed by atoms with van der Waals surface area (Å²) in [6.07, 6.45) is 0. The van der Waals surface area contributed by atoms with Gasteiger partial charge in [-0.05, 0) is 31.2 Å². The lowest BCUT2D eigenvalue weighted by molar-refractivity contribution is -0.138. The van der Waals surface area contributed by atoms with Gasteiger partial charge in [0.05, 0.1) is 11.2 Å². The number of aliphatic hydroxyl groups is 1. The number of aryl methyl sites for hydroxylation is 1. The fraction of sp³-hybridized carbons (Fsp3) is 0.273. The molecule has 4 rings (SSSR count). The first-order valence-electron chi connectivity index (χ1n) is 9.30. The van der Waals surface area contributed by atoms with Crippen molar-refractivity contribution in [3.63, 3.8) is 0 Å². The minimum atomic E-state index is -1.66. The van der Waals surface area contributed by atoms with Gasteiger partial charge in [-0.2, -0.15) is 0 Å². The second-order valence-electron chi connectivity index (χ2n) is 7.40. The van der Waals surface area contributed by atoms with E-state index in [1.807, 2.05) is 43.3 Å². The van der Waals surface area contributed by atoms with Gasteiger partial charge in [0.25, 0.3) is 5.91 Å². The minimum absolute atomic E-state index is 0.260. The summed E-state index contributed by atoms with van der Waals surface area (Å²) in [5, 5.41) is 10.7. The Bertz CT molecular complexity index is 1200. The standard InChI is InChI=1S/C22H21N5O2/c1-13-12-27(3)21(28)22(13,29)10-9-15-5-4-6-16(11-15)17-7-8-18-19(26-17)20(23)25-14(2)24-18/h4-8,11,13,29H,12H2,1-3H3,(H2,23,24,25)/t13?,22-/m0/s1. The van der Waals surface area contributed by atoms with Gasteiger partial charge in [-0.25, -0.2) is 15.0 Å². The summed E-state index contributed by atoms with van der Waals surface area (Å²) in [6, 6.07) is 11.2. The number of nitrogen functional groups attached to an aromatic ring is 1. The Morgan fingerprint density at radius 1 is 1.24 bits per heavy atom. The second-order valence-corrected chi connectivity index (χ2v) is 7.40. The Balaban J connectivity index is 1.71. The summed E-state index contributed by atoms with van der Waals surface area (Å²) < 4.78 is 0. The quantitative estimate of drug-likeness (QED) is 0.617. The molecule has 1 saturated heterocycles. The Morgan fingerprint density at radius 3 is 2.76 bits per heavy atom. The first-order chi connectivity index (χ1) is 13.8. The van der Waals surface area contributed by atoms with Crippen molar-refractivity contribution < 1.29 is 9.90 Å². The molecule has 3 N–H and O–H groups in total. The van der Waals surface area contributed by atoms with E-state index in [0.717, 1.165) is 5.56 Å². The molecule has 2 aromatic heterocycles. The van der Waals surface area contributed by atoms with Crippen LogP contribution in [0.25, 0.3) is 22.3 Å². The van der Waals surface area contributed by atoms with Crippen molar-refractivity contribution in [2.75, 3.05) is 19.3 Å². The molecule has 3 heterocycles. The van der Waals surface area contributed by atoms with Gasteiger partial charge in [-0.1, -0.05) is 30.9 Å². The van der Waals surface area contributed by atoms with Crippen molar-refractivity contribution in [3.05, 3.63) is 47.8 Å². The van der Waals surface area contributed by atoms with Gasteiger partial charge < -0.3 is 15.7 Å². The molecule has 1 amide bonds. The zero-order valence-corrected chi connectivity index (χ0v) is 16.5. The van der Waals surface area contributed by atoms with Crippen molar-refractivity contribution in [2.24, 2.45) is 5.92 Å². The number of rotatable bonds is 1. The highest BCUT2D eigenvalue weighted by atomic mass is 16.3. The van der Waals surface area contributed by atoms with Crippen LogP contribution in [0.4, 0.5) is 5.82 Å². The first-order valence-corrected chi connectivity index (χ1v) is 9.30. The molecule has 2 atom stereocenters. The van der Waals surface area contributed by atoms with Crippen LogP contribution in [0.3, 0.4) is 0 Å². The predicted octanol–water partition coefficient (Wildman–Crippen LogP) is 1.77. The summed E-state index contributed by atoms with van der Waals surface area (Å²) in [4.78, 5) is 26.9. The predicted molar refractivity (Wildman–Crippen MR) is 111 cm³/mol. The lowest BCUT2D eigenvalue weighted by Gasteiger charge is -2.17. The summed E-state index contributed by atoms with van der Waals surface area (Å²) in [7, 11) is 1.67. The summed E-state index contributed by atoms with van der Waals surface area (Å²) in [5.41, 5.74) is 7.82. The number of likely N-dealkylation sites (tertiary alicyclic amines) is 1. The normalized spacial score (nSPS) is 21.3. The third kappa shape index (κ3) is 3.28. The van der Waals surface area contributed by atoms with E-state index in [1.54, 1.807) is 14.0 Å². The number of pyridine rings is 1. The van der Waals surface area contributed by atoms with E-state index in [4.69, 9.17) is 5.73 Å². The number of amides is 1. The number of carbonyl (C=O) groups excluding carboxylic acids is 1. The van der Waals surface area contributed by atoms with Crippen molar-refractivity contribution >= 4 is 22.8 Å². The molecule has 1 unspecified atom stereocenters. The molecule has 7 nitrogen and oxygen atoms in total. The molecular formula is C22H21N5O2. The number of hydrogen-bond donors (Lipinski definition) is 2. The molecule has 0 saturated carbocycles. The van der Waals surface area contributed by atoms with Gasteiger partial charge in [0, 0.05) is 30.6 Å². The third-order valence-corrected chi connectivity index (χ3v) is 5.17. The molecule has 1 aliphatic rings. The molecule has 0 radical (unpaired) electrons. The van der Waals surface area contributed by atoms with Crippen molar-refractivity contribution in [1.82, 2.24) is 19.9 Å². The number of likely N-dealkylation sites (N-methyl/N-ethyl adjacent to an activating group) is 1. The highest BCUT2D eigenvalue weighted by Crippen LogP contribution is 2.28. The number of benzene rings is 1. The fourth-order valence-electron chi connectivity index (χ4n) is 3.55. The summed E-state index contributed by atoms with van der Waals surface area (Å²) >= 11 is 0. The SMILES string of the molecule is Cc1nc(N)c2nc(-c3cccc(C#C[C@@]4(O)C(=O)N(C)CC4C)c3)ccc2n1. The average Bonchev–Trinajstić information content (AvgIpc) is 2.89. The Hall–Kier alpha value is -3.50. The maximum Gasteiger partial charge on any atom is 0.267 e. The molecule has 0 aliphatic carbocycles. The van der Waals surface area contributed by atoms with E-state index >= 15 is 0 Å². The number of fused-ring (bicyclic) bond motifs is 1. The highest BCUT2D eigenvalue weighted by Gasteiger charge is 2.48. The van der Waals surface area contributed by atoms with Gasteiger partial charge in [-0.3, -0.25) is 4.79 Å². The molecular weight excluding hydrogens is 366 g/mol. The number of nitrogens with zero attached hydrogens (tertiary/aromatic N) is 4. The van der Waals surface area contributed by atoms with Crippen molar-refractivity contribution in [3.8, 4) is 23.1 Å². The zero-order chi connectivity index (χ0) is 20.8. The molecule has 1 fully saturated rings. The highest BCUT2D eigenvalue weighted by molar-refractivity contribution is 5.91. The number of aromatic nitrogens is 3. The van der Waals surface area contributed by atoms with Crippen molar-refractivity contribution in [1.29, 1.82) is 0 Å². The number of nitrogens with two attached hydrogens (primary N) is 1. The van der Waals surface area contributed by atoms with E-state index in [1.165, 1.54) is 4.90 Å². The molecule has 1 aliphatic heterocycles. The summed E-state index contributed by atoms with van der Waals surface area (Å²) in [5.74, 6) is 6.04.